The average Bonchev–Trinajstić information content (AvgIpc) is 3.19. The van der Waals surface area contributed by atoms with Gasteiger partial charge < -0.3 is 29.9 Å². The molecule has 4 heterocycles. The molecule has 0 bridgehead atoms. The van der Waals surface area contributed by atoms with Crippen molar-refractivity contribution in [1.29, 1.82) is 0 Å². The summed E-state index contributed by atoms with van der Waals surface area (Å²) in [5, 5.41) is 13.8. The summed E-state index contributed by atoms with van der Waals surface area (Å²) in [6.45, 7) is 5.01. The lowest BCUT2D eigenvalue weighted by atomic mass is 10.2. The fraction of sp³-hybridized carbons (Fsp3) is 0.524. The van der Waals surface area contributed by atoms with E-state index in [1.165, 1.54) is 0 Å². The van der Waals surface area contributed by atoms with Gasteiger partial charge in [-0.2, -0.15) is 0 Å². The van der Waals surface area contributed by atoms with Crippen LogP contribution in [0.1, 0.15) is 31.5 Å². The summed E-state index contributed by atoms with van der Waals surface area (Å²) >= 11 is 13.3. The molecule has 3 aliphatic rings. The van der Waals surface area contributed by atoms with Gasteiger partial charge in [-0.1, -0.05) is 34.5 Å². The third-order valence-corrected chi connectivity index (χ3v) is 8.70. The minimum Gasteiger partial charge on any atom is -0.477 e. The molecule has 3 fully saturated rings. The number of H-pyrrole nitrogens is 1. The number of halogens is 2. The van der Waals surface area contributed by atoms with Gasteiger partial charge in [0.25, 0.3) is 5.91 Å². The number of carbonyl (C=O) groups is 3. The molecule has 2 aromatic heterocycles. The zero-order valence-electron chi connectivity index (χ0n) is 18.3. The molecule has 0 radical (unpaired) electrons. The van der Waals surface area contributed by atoms with Crippen LogP contribution in [0.2, 0.25) is 10.0 Å². The molecule has 1 saturated carbocycles. The maximum absolute atomic E-state index is 12.6. The van der Waals surface area contributed by atoms with E-state index in [9.17, 15) is 19.5 Å². The Bertz CT molecular complexity index is 1150. The van der Waals surface area contributed by atoms with Crippen molar-refractivity contribution in [2.75, 3.05) is 44.3 Å². The van der Waals surface area contributed by atoms with Crippen molar-refractivity contribution in [3.05, 3.63) is 32.0 Å². The van der Waals surface area contributed by atoms with Gasteiger partial charge in [-0.15, -0.1) is 0 Å². The number of rotatable bonds is 6. The van der Waals surface area contributed by atoms with Crippen molar-refractivity contribution in [1.82, 2.24) is 20.2 Å². The number of carbonyl (C=O) groups excluding carboxylic acids is 2. The summed E-state index contributed by atoms with van der Waals surface area (Å²) in [5.74, 6) is -1.04. The second-order valence-corrected chi connectivity index (χ2v) is 10.5. The molecule has 182 valence electrons. The van der Waals surface area contributed by atoms with Gasteiger partial charge in [0.05, 0.1) is 35.4 Å². The number of ether oxygens (including phenoxy) is 1. The molecule has 5 rings (SSSR count). The van der Waals surface area contributed by atoms with Gasteiger partial charge in [0, 0.05) is 49.8 Å². The fourth-order valence-electron chi connectivity index (χ4n) is 4.68. The third kappa shape index (κ3) is 4.26. The summed E-state index contributed by atoms with van der Waals surface area (Å²) in [6.07, 6.45) is -0.0452. The third-order valence-electron chi connectivity index (χ3n) is 6.61. The van der Waals surface area contributed by atoms with E-state index in [0.717, 1.165) is 11.3 Å². The number of amides is 2. The molecule has 2 saturated heterocycles. The molecular formula is C21H23Cl2N5O5S. The minimum absolute atomic E-state index is 0.0171. The lowest BCUT2D eigenvalue weighted by Gasteiger charge is -2.26. The fourth-order valence-corrected chi connectivity index (χ4v) is 6.03. The number of morpholine rings is 1. The van der Waals surface area contributed by atoms with Crippen molar-refractivity contribution in [3.63, 3.8) is 0 Å². The van der Waals surface area contributed by atoms with Crippen molar-refractivity contribution in [2.24, 2.45) is 11.8 Å². The number of hydrogen-bond acceptors (Lipinski definition) is 7. The predicted octanol–water partition coefficient (Wildman–Crippen LogP) is 2.05. The smallest absolute Gasteiger partial charge is 0.347 e. The Labute approximate surface area is 209 Å². The number of aryl methyl sites for hydroxylation is 1. The monoisotopic (exact) mass is 527 g/mol. The van der Waals surface area contributed by atoms with E-state index in [4.69, 9.17) is 27.9 Å². The maximum atomic E-state index is 12.6. The molecule has 0 spiro atoms. The normalized spacial score (nSPS) is 23.7. The van der Waals surface area contributed by atoms with Crippen LogP contribution < -0.4 is 10.2 Å². The van der Waals surface area contributed by atoms with Crippen LogP contribution >= 0.6 is 34.5 Å². The predicted molar refractivity (Wildman–Crippen MR) is 126 cm³/mol. The molecule has 34 heavy (non-hydrogen) atoms. The van der Waals surface area contributed by atoms with E-state index in [2.05, 4.69) is 15.3 Å². The van der Waals surface area contributed by atoms with Gasteiger partial charge >= 0.3 is 5.97 Å². The number of aromatic amines is 1. The van der Waals surface area contributed by atoms with E-state index in [1.54, 1.807) is 11.8 Å². The summed E-state index contributed by atoms with van der Waals surface area (Å²) < 4.78 is 5.27. The van der Waals surface area contributed by atoms with Crippen molar-refractivity contribution in [3.8, 4) is 0 Å². The van der Waals surface area contributed by atoms with Crippen LogP contribution in [0.25, 0.3) is 0 Å². The second kappa shape index (κ2) is 9.03. The van der Waals surface area contributed by atoms with E-state index in [0.29, 0.717) is 60.9 Å². The zero-order chi connectivity index (χ0) is 24.1. The second-order valence-electron chi connectivity index (χ2n) is 8.73. The first-order chi connectivity index (χ1) is 16.2. The van der Waals surface area contributed by atoms with Crippen LogP contribution in [0, 0.1) is 18.8 Å². The topological polar surface area (TPSA) is 128 Å². The quantitative estimate of drug-likeness (QED) is 0.524. The number of thiazole rings is 1. The van der Waals surface area contributed by atoms with E-state index in [-0.39, 0.29) is 51.7 Å². The van der Waals surface area contributed by atoms with Gasteiger partial charge in [0.15, 0.2) is 5.13 Å². The van der Waals surface area contributed by atoms with Crippen LogP contribution in [-0.4, -0.2) is 83.2 Å². The highest BCUT2D eigenvalue weighted by molar-refractivity contribution is 7.17. The molecule has 3 N–H and O–H groups in total. The summed E-state index contributed by atoms with van der Waals surface area (Å²) in [7, 11) is 0. The Hall–Kier alpha value is -2.34. The number of fused-ring (bicyclic) bond motifs is 1. The largest absolute Gasteiger partial charge is 0.477 e. The highest BCUT2D eigenvalue weighted by Crippen LogP contribution is 2.48. The van der Waals surface area contributed by atoms with Crippen LogP contribution in [0.5, 0.6) is 0 Å². The standard InChI is InChI=1S/C21H23Cl2N5O5S/c1-9-14(22)15(23)17(24-9)19(30)26-16-10-7-28(8-11(10)16)21-25-12(18(34-21)20(31)32)6-13(29)27-2-4-33-5-3-27/h10-11,16,24H,2-8H2,1H3,(H,26,30)(H,31,32)/t10-,11+,16-. The van der Waals surface area contributed by atoms with Gasteiger partial charge in [-0.25, -0.2) is 9.78 Å². The molecule has 3 atom stereocenters. The number of aromatic carboxylic acids is 1. The lowest BCUT2D eigenvalue weighted by molar-refractivity contribution is -0.134. The molecule has 2 aliphatic heterocycles. The van der Waals surface area contributed by atoms with Crippen LogP contribution in [0.3, 0.4) is 0 Å². The van der Waals surface area contributed by atoms with Gasteiger partial charge in [-0.05, 0) is 6.92 Å². The molecular weight excluding hydrogens is 505 g/mol. The van der Waals surface area contributed by atoms with Gasteiger partial charge in [0.2, 0.25) is 5.91 Å². The number of aromatic nitrogens is 2. The number of nitrogens with one attached hydrogen (secondary N) is 2. The van der Waals surface area contributed by atoms with Crippen LogP contribution in [0.4, 0.5) is 5.13 Å². The Morgan fingerprint density at radius 2 is 1.88 bits per heavy atom. The van der Waals surface area contributed by atoms with Gasteiger partial charge in [0.1, 0.15) is 10.6 Å². The number of nitrogens with zero attached hydrogens (tertiary/aromatic N) is 3. The maximum Gasteiger partial charge on any atom is 0.347 e. The molecule has 2 amide bonds. The van der Waals surface area contributed by atoms with E-state index < -0.39 is 5.97 Å². The lowest BCUT2D eigenvalue weighted by Crippen LogP contribution is -2.41. The molecule has 0 unspecified atom stereocenters. The first kappa shape index (κ1) is 23.4. The molecule has 2 aromatic rings. The van der Waals surface area contributed by atoms with E-state index >= 15 is 0 Å². The van der Waals surface area contributed by atoms with Crippen molar-refractivity contribution < 1.29 is 24.2 Å². The number of carboxylic acids is 1. The highest BCUT2D eigenvalue weighted by Gasteiger charge is 2.57. The molecule has 0 aromatic carbocycles. The molecule has 10 nitrogen and oxygen atoms in total. The first-order valence-corrected chi connectivity index (χ1v) is 12.5. The highest BCUT2D eigenvalue weighted by atomic mass is 35.5. The first-order valence-electron chi connectivity index (χ1n) is 10.9. The number of carboxylic acid groups (broad SMARTS) is 1. The Morgan fingerprint density at radius 1 is 1.21 bits per heavy atom. The number of hydrogen-bond donors (Lipinski definition) is 3. The van der Waals surface area contributed by atoms with Crippen LogP contribution in [0.15, 0.2) is 0 Å². The summed E-state index contributed by atoms with van der Waals surface area (Å²) in [5.41, 5.74) is 1.19. The Balaban J connectivity index is 1.21. The van der Waals surface area contributed by atoms with E-state index in [1.807, 2.05) is 4.90 Å². The SMILES string of the molecule is Cc1[nH]c(C(=O)N[C@@H]2[C@@H]3CN(c4nc(CC(=O)N5CCOCC5)c(C(=O)O)s4)C[C@@H]32)c(Cl)c1Cl. The Morgan fingerprint density at radius 3 is 2.47 bits per heavy atom. The van der Waals surface area contributed by atoms with Crippen molar-refractivity contribution >= 4 is 57.5 Å². The summed E-state index contributed by atoms with van der Waals surface area (Å²) in [6, 6.07) is 0.0171. The van der Waals surface area contributed by atoms with Gasteiger partial charge in [-0.3, -0.25) is 9.59 Å². The average molecular weight is 528 g/mol. The molecule has 1 aliphatic carbocycles. The minimum atomic E-state index is -1.08. The zero-order valence-corrected chi connectivity index (χ0v) is 20.6. The number of piperidine rings is 1. The number of anilines is 1. The summed E-state index contributed by atoms with van der Waals surface area (Å²) in [4.78, 5) is 48.2. The van der Waals surface area contributed by atoms with Crippen LogP contribution in [-0.2, 0) is 16.0 Å². The van der Waals surface area contributed by atoms with Crippen molar-refractivity contribution in [2.45, 2.75) is 19.4 Å². The molecule has 13 heteroatoms. The Kier molecular flexibility index (Phi) is 6.21.